The van der Waals surface area contributed by atoms with E-state index in [9.17, 15) is 9.59 Å². The molecule has 0 bridgehead atoms. The van der Waals surface area contributed by atoms with E-state index in [1.807, 2.05) is 0 Å². The van der Waals surface area contributed by atoms with Crippen LogP contribution < -0.4 is 22.1 Å². The molecule has 0 heterocycles. The predicted octanol–water partition coefficient (Wildman–Crippen LogP) is 1.27. The minimum Gasteiger partial charge on any atom is -0.436 e. The van der Waals surface area contributed by atoms with Crippen LogP contribution in [-0.4, -0.2) is 62.0 Å². The van der Waals surface area contributed by atoms with Crippen LogP contribution in [0, 0.1) is 5.92 Å². The van der Waals surface area contributed by atoms with Crippen LogP contribution in [0.3, 0.4) is 0 Å². The summed E-state index contributed by atoms with van der Waals surface area (Å²) in [4.78, 5) is 24.5. The van der Waals surface area contributed by atoms with Crippen molar-refractivity contribution < 1.29 is 18.1 Å². The Kier molecular flexibility index (Phi) is 13.8. The topological polar surface area (TPSA) is 129 Å². The Morgan fingerprint density at radius 1 is 1.04 bits per heavy atom. The van der Waals surface area contributed by atoms with Gasteiger partial charge in [-0.25, -0.2) is 0 Å². The maximum Gasteiger partial charge on any atom is 0.324 e. The highest BCUT2D eigenvalue weighted by atomic mass is 28.4. The molecule has 2 unspecified atom stereocenters. The normalized spacial score (nSPS) is 15.0. The average molecular weight is 435 g/mol. The fourth-order valence-electron chi connectivity index (χ4n) is 3.27. The van der Waals surface area contributed by atoms with Crippen molar-refractivity contribution in [2.45, 2.75) is 64.3 Å². The van der Waals surface area contributed by atoms with E-state index in [2.05, 4.69) is 37.2 Å². The number of nitrogens with one attached hydrogen (secondary N) is 2. The third-order valence-electron chi connectivity index (χ3n) is 4.67. The lowest BCUT2D eigenvalue weighted by Crippen LogP contribution is -2.48. The van der Waals surface area contributed by atoms with Crippen molar-refractivity contribution in [3.63, 3.8) is 0 Å². The summed E-state index contributed by atoms with van der Waals surface area (Å²) in [7, 11) is -2.32. The molecular formula is C18H42N4O4Si2. The molecule has 28 heavy (non-hydrogen) atoms. The molecule has 0 spiro atoms. The second kappa shape index (κ2) is 14.2. The van der Waals surface area contributed by atoms with Gasteiger partial charge in [-0.1, -0.05) is 19.8 Å². The number of hydrogen-bond acceptors (Lipinski definition) is 6. The van der Waals surface area contributed by atoms with Gasteiger partial charge in [-0.15, -0.1) is 0 Å². The maximum atomic E-state index is 12.4. The van der Waals surface area contributed by atoms with Crippen LogP contribution in [0.2, 0.25) is 31.7 Å². The first-order valence-corrected chi connectivity index (χ1v) is 16.0. The highest BCUT2D eigenvalue weighted by Crippen LogP contribution is 2.26. The van der Waals surface area contributed by atoms with Gasteiger partial charge in [0.15, 0.2) is 8.32 Å². The zero-order chi connectivity index (χ0) is 21.6. The van der Waals surface area contributed by atoms with Crippen molar-refractivity contribution in [3.8, 4) is 0 Å². The molecule has 0 aromatic carbocycles. The van der Waals surface area contributed by atoms with Crippen molar-refractivity contribution in [2.24, 2.45) is 17.4 Å². The second-order valence-electron chi connectivity index (χ2n) is 7.96. The van der Waals surface area contributed by atoms with Gasteiger partial charge in [0.25, 0.3) is 0 Å². The van der Waals surface area contributed by atoms with Crippen LogP contribution in [0.4, 0.5) is 0 Å². The van der Waals surface area contributed by atoms with Gasteiger partial charge in [0.05, 0.1) is 0 Å². The molecular weight excluding hydrogens is 392 g/mol. The third kappa shape index (κ3) is 11.9. The lowest BCUT2D eigenvalue weighted by atomic mass is 9.98. The molecule has 2 atom stereocenters. The Labute approximate surface area is 172 Å². The fraction of sp³-hybridized carbons (Fsp3) is 0.889. The molecule has 0 aliphatic heterocycles. The Morgan fingerprint density at radius 2 is 1.64 bits per heavy atom. The lowest BCUT2D eigenvalue weighted by molar-refractivity contribution is -0.130. The van der Waals surface area contributed by atoms with Gasteiger partial charge in [0.1, 0.15) is 0 Å². The standard InChI is InChI=1S/C18H42N4O4Si2/c1-6-13-27(3,4)26-28(5,25-2)14-7-8-16(18(24)22-12-10-20)15-17(23)21-11-9-19/h16H,6-15,19-20H2,1-5H3,(H,21,23)(H,22,24). The van der Waals surface area contributed by atoms with Gasteiger partial charge in [-0.05, 0) is 38.2 Å². The molecule has 0 aliphatic rings. The highest BCUT2D eigenvalue weighted by Gasteiger charge is 2.37. The minimum absolute atomic E-state index is 0.129. The molecule has 0 aliphatic carbocycles. The monoisotopic (exact) mass is 434 g/mol. The number of carbonyl (C=O) groups excluding carboxylic acids is 2. The molecule has 0 fully saturated rings. The summed E-state index contributed by atoms with van der Waals surface area (Å²) < 4.78 is 12.3. The Hall–Kier alpha value is -0.786. The van der Waals surface area contributed by atoms with Crippen molar-refractivity contribution in [1.29, 1.82) is 0 Å². The van der Waals surface area contributed by atoms with Gasteiger partial charge >= 0.3 is 8.56 Å². The van der Waals surface area contributed by atoms with E-state index in [0.717, 1.165) is 24.9 Å². The van der Waals surface area contributed by atoms with E-state index in [-0.39, 0.29) is 24.2 Å². The first-order chi connectivity index (χ1) is 13.1. The largest absolute Gasteiger partial charge is 0.436 e. The number of carbonyl (C=O) groups is 2. The summed E-state index contributed by atoms with van der Waals surface area (Å²) >= 11 is 0. The summed E-state index contributed by atoms with van der Waals surface area (Å²) in [5, 5.41) is 5.53. The molecule has 8 nitrogen and oxygen atoms in total. The van der Waals surface area contributed by atoms with Gasteiger partial charge in [0, 0.05) is 45.6 Å². The van der Waals surface area contributed by atoms with Crippen LogP contribution in [0.1, 0.15) is 32.6 Å². The van der Waals surface area contributed by atoms with E-state index >= 15 is 0 Å². The summed E-state index contributed by atoms with van der Waals surface area (Å²) in [5.74, 6) is -0.672. The van der Waals surface area contributed by atoms with Crippen molar-refractivity contribution >= 4 is 28.7 Å². The van der Waals surface area contributed by atoms with Crippen LogP contribution in [0.5, 0.6) is 0 Å². The lowest BCUT2D eigenvalue weighted by Gasteiger charge is -2.35. The molecule has 6 N–H and O–H groups in total. The molecule has 2 amide bonds. The summed E-state index contributed by atoms with van der Waals surface area (Å²) in [5.41, 5.74) is 10.9. The quantitative estimate of drug-likeness (QED) is 0.271. The van der Waals surface area contributed by atoms with Gasteiger partial charge < -0.3 is 30.6 Å². The summed E-state index contributed by atoms with van der Waals surface area (Å²) in [6.07, 6.45) is 2.64. The molecule has 0 saturated heterocycles. The van der Waals surface area contributed by atoms with Gasteiger partial charge in [-0.3, -0.25) is 9.59 Å². The third-order valence-corrected chi connectivity index (χ3v) is 12.4. The van der Waals surface area contributed by atoms with Crippen LogP contribution in [-0.2, 0) is 18.1 Å². The van der Waals surface area contributed by atoms with E-state index in [0.29, 0.717) is 32.6 Å². The van der Waals surface area contributed by atoms with E-state index in [1.54, 1.807) is 7.11 Å². The summed E-state index contributed by atoms with van der Waals surface area (Å²) in [6.45, 7) is 10.3. The average Bonchev–Trinajstić information content (AvgIpc) is 2.63. The second-order valence-corrected chi connectivity index (χ2v) is 16.0. The number of hydrogen-bond donors (Lipinski definition) is 4. The smallest absolute Gasteiger partial charge is 0.324 e. The van der Waals surface area contributed by atoms with Gasteiger partial charge in [-0.2, -0.15) is 0 Å². The molecule has 10 heteroatoms. The van der Waals surface area contributed by atoms with Crippen LogP contribution in [0.15, 0.2) is 0 Å². The molecule has 166 valence electrons. The Bertz CT molecular complexity index is 469. The fourth-order valence-corrected chi connectivity index (χ4v) is 11.4. The number of amides is 2. The highest BCUT2D eigenvalue weighted by molar-refractivity contribution is 6.82. The molecule has 0 radical (unpaired) electrons. The van der Waals surface area contributed by atoms with E-state index < -0.39 is 16.9 Å². The summed E-state index contributed by atoms with van der Waals surface area (Å²) in [6, 6.07) is 1.90. The molecule has 0 saturated carbocycles. The van der Waals surface area contributed by atoms with Crippen LogP contribution in [0.25, 0.3) is 0 Å². The van der Waals surface area contributed by atoms with Crippen molar-refractivity contribution in [2.75, 3.05) is 33.3 Å². The zero-order valence-electron chi connectivity index (χ0n) is 18.4. The minimum atomic E-state index is -2.29. The predicted molar refractivity (Wildman–Crippen MR) is 119 cm³/mol. The number of nitrogens with two attached hydrogens (primary N) is 2. The van der Waals surface area contributed by atoms with Gasteiger partial charge in [0.2, 0.25) is 11.8 Å². The van der Waals surface area contributed by atoms with Crippen molar-refractivity contribution in [1.82, 2.24) is 10.6 Å². The van der Waals surface area contributed by atoms with Crippen LogP contribution >= 0.6 is 0 Å². The van der Waals surface area contributed by atoms with E-state index in [4.69, 9.17) is 20.0 Å². The molecule has 0 rings (SSSR count). The first-order valence-electron chi connectivity index (χ1n) is 10.3. The van der Waals surface area contributed by atoms with Crippen molar-refractivity contribution in [3.05, 3.63) is 0 Å². The van der Waals surface area contributed by atoms with E-state index in [1.165, 1.54) is 0 Å². The molecule has 0 aromatic heterocycles. The first kappa shape index (κ1) is 27.2. The maximum absolute atomic E-state index is 12.4. The Morgan fingerprint density at radius 3 is 2.18 bits per heavy atom. The SMILES string of the molecule is CCC[Si](C)(C)O[Si](C)(CCCC(CC(=O)NCCN)C(=O)NCCN)OC. The molecule has 0 aromatic rings. The Balaban J connectivity index is 4.83. The zero-order valence-corrected chi connectivity index (χ0v) is 20.4. The number of rotatable bonds is 16.